The summed E-state index contributed by atoms with van der Waals surface area (Å²) in [6, 6.07) is 22.4. The first-order valence-corrected chi connectivity index (χ1v) is 10.9. The minimum atomic E-state index is -0.627. The van der Waals surface area contributed by atoms with Crippen LogP contribution >= 0.6 is 0 Å². The van der Waals surface area contributed by atoms with E-state index in [1.165, 1.54) is 12.1 Å². The molecule has 1 N–H and O–H groups in total. The molecule has 172 valence electrons. The number of rotatable bonds is 7. The lowest BCUT2D eigenvalue weighted by atomic mass is 10.1. The smallest absolute Gasteiger partial charge is 0.338 e. The van der Waals surface area contributed by atoms with E-state index in [4.69, 9.17) is 4.74 Å². The Labute approximate surface area is 197 Å². The number of ether oxygens (including phenoxy) is 1. The number of esters is 1. The lowest BCUT2D eigenvalue weighted by Crippen LogP contribution is -2.28. The van der Waals surface area contributed by atoms with Gasteiger partial charge in [0.15, 0.2) is 12.4 Å². The van der Waals surface area contributed by atoms with E-state index in [-0.39, 0.29) is 36.2 Å². The van der Waals surface area contributed by atoms with Gasteiger partial charge >= 0.3 is 5.97 Å². The van der Waals surface area contributed by atoms with Gasteiger partial charge in [0.1, 0.15) is 0 Å². The molecule has 0 spiro atoms. The van der Waals surface area contributed by atoms with Crippen molar-refractivity contribution in [3.8, 4) is 0 Å². The minimum absolute atomic E-state index is 0.0890. The van der Waals surface area contributed by atoms with Crippen LogP contribution in [0.15, 0.2) is 78.9 Å². The number of carbonyl (C=O) groups excluding carboxylic acids is 4. The highest BCUT2D eigenvalue weighted by Gasteiger charge is 2.35. The van der Waals surface area contributed by atoms with Gasteiger partial charge in [-0.05, 0) is 48.9 Å². The molecule has 34 heavy (non-hydrogen) atoms. The van der Waals surface area contributed by atoms with Crippen molar-refractivity contribution >= 4 is 34.9 Å². The van der Waals surface area contributed by atoms with E-state index in [9.17, 15) is 19.2 Å². The first kappa shape index (κ1) is 22.9. The maximum absolute atomic E-state index is 12.7. The highest BCUT2D eigenvalue weighted by atomic mass is 16.5. The van der Waals surface area contributed by atoms with Gasteiger partial charge < -0.3 is 15.0 Å². The average Bonchev–Trinajstić information content (AvgIpc) is 3.25. The Morgan fingerprint density at radius 3 is 2.38 bits per heavy atom. The molecule has 0 unspecified atom stereocenters. The molecule has 1 atom stereocenters. The van der Waals surface area contributed by atoms with Crippen LogP contribution in [0.2, 0.25) is 0 Å². The Bertz CT molecular complexity index is 1220. The Morgan fingerprint density at radius 2 is 1.68 bits per heavy atom. The van der Waals surface area contributed by atoms with E-state index >= 15 is 0 Å². The zero-order valence-corrected chi connectivity index (χ0v) is 18.7. The fraction of sp³-hybridized carbons (Fsp3) is 0.185. The summed E-state index contributed by atoms with van der Waals surface area (Å²) in [6.07, 6.45) is 0.139. The van der Waals surface area contributed by atoms with E-state index in [2.05, 4.69) is 5.32 Å². The van der Waals surface area contributed by atoms with Gasteiger partial charge in [-0.25, -0.2) is 4.79 Å². The van der Waals surface area contributed by atoms with Crippen LogP contribution < -0.4 is 10.2 Å². The number of hydrogen-bond donors (Lipinski definition) is 1. The molecule has 3 aromatic rings. The number of aryl methyl sites for hydroxylation is 1. The largest absolute Gasteiger partial charge is 0.454 e. The number of hydrogen-bond acceptors (Lipinski definition) is 5. The quantitative estimate of drug-likeness (QED) is 0.428. The van der Waals surface area contributed by atoms with Crippen LogP contribution in [0.4, 0.5) is 11.4 Å². The molecule has 1 heterocycles. The molecular weight excluding hydrogens is 432 g/mol. The normalized spacial score (nSPS) is 15.1. The van der Waals surface area contributed by atoms with Gasteiger partial charge in [0.05, 0.1) is 11.5 Å². The van der Waals surface area contributed by atoms with Crippen LogP contribution in [0.3, 0.4) is 0 Å². The summed E-state index contributed by atoms with van der Waals surface area (Å²) >= 11 is 0. The lowest BCUT2D eigenvalue weighted by molar-refractivity contribution is -0.122. The summed E-state index contributed by atoms with van der Waals surface area (Å²) in [5, 5.41) is 2.80. The zero-order valence-electron chi connectivity index (χ0n) is 18.7. The van der Waals surface area contributed by atoms with Crippen LogP contribution in [0, 0.1) is 12.8 Å². The molecular formula is C27H24N2O5. The van der Waals surface area contributed by atoms with E-state index in [0.29, 0.717) is 17.8 Å². The molecule has 0 bridgehead atoms. The number of Topliss-reactive ketones (excluding diaryl/α,β-unsaturated/α-hetero) is 1. The second-order valence-electron chi connectivity index (χ2n) is 8.18. The van der Waals surface area contributed by atoms with Crippen LogP contribution in [-0.4, -0.2) is 36.7 Å². The Hall–Kier alpha value is -4.26. The Balaban J connectivity index is 1.31. The van der Waals surface area contributed by atoms with Crippen LogP contribution in [0.25, 0.3) is 0 Å². The molecule has 0 saturated carbocycles. The topological polar surface area (TPSA) is 92.8 Å². The van der Waals surface area contributed by atoms with Crippen molar-refractivity contribution in [3.05, 3.63) is 95.6 Å². The molecule has 2 amide bonds. The monoisotopic (exact) mass is 456 g/mol. The average molecular weight is 456 g/mol. The third-order valence-corrected chi connectivity index (χ3v) is 5.63. The lowest BCUT2D eigenvalue weighted by Gasteiger charge is -2.17. The van der Waals surface area contributed by atoms with Gasteiger partial charge in [-0.3, -0.25) is 14.4 Å². The first-order chi connectivity index (χ1) is 16.4. The van der Waals surface area contributed by atoms with E-state index in [1.807, 2.05) is 31.2 Å². The molecule has 7 heteroatoms. The van der Waals surface area contributed by atoms with Gasteiger partial charge in [0.2, 0.25) is 11.8 Å². The van der Waals surface area contributed by atoms with E-state index in [0.717, 1.165) is 11.3 Å². The number of nitrogens with zero attached hydrogens (tertiary/aromatic N) is 1. The van der Waals surface area contributed by atoms with Gasteiger partial charge in [0, 0.05) is 29.9 Å². The third-order valence-electron chi connectivity index (χ3n) is 5.63. The molecule has 1 fully saturated rings. The molecule has 0 aromatic heterocycles. The summed E-state index contributed by atoms with van der Waals surface area (Å²) in [4.78, 5) is 51.1. The maximum Gasteiger partial charge on any atom is 0.338 e. The SMILES string of the molecule is Cc1cccc(N2C[C@@H](C(=O)Nc3ccc(C(=O)OCC(=O)c4ccccc4)cc3)CC2=O)c1. The molecule has 0 aliphatic carbocycles. The van der Waals surface area contributed by atoms with Crippen molar-refractivity contribution in [3.63, 3.8) is 0 Å². The summed E-state index contributed by atoms with van der Waals surface area (Å²) in [7, 11) is 0. The molecule has 1 aliphatic rings. The molecule has 7 nitrogen and oxygen atoms in total. The summed E-state index contributed by atoms with van der Waals surface area (Å²) in [6.45, 7) is 1.91. The first-order valence-electron chi connectivity index (χ1n) is 10.9. The summed E-state index contributed by atoms with van der Waals surface area (Å²) < 4.78 is 5.10. The molecule has 0 radical (unpaired) electrons. The van der Waals surface area contributed by atoms with E-state index < -0.39 is 11.9 Å². The maximum atomic E-state index is 12.7. The number of carbonyl (C=O) groups is 4. The highest BCUT2D eigenvalue weighted by Crippen LogP contribution is 2.26. The van der Waals surface area contributed by atoms with Gasteiger partial charge in [-0.2, -0.15) is 0 Å². The Morgan fingerprint density at radius 1 is 0.941 bits per heavy atom. The predicted molar refractivity (Wildman–Crippen MR) is 128 cm³/mol. The van der Waals surface area contributed by atoms with Gasteiger partial charge in [0.25, 0.3) is 0 Å². The van der Waals surface area contributed by atoms with Crippen molar-refractivity contribution in [2.24, 2.45) is 5.92 Å². The van der Waals surface area contributed by atoms with Gasteiger partial charge in [-0.15, -0.1) is 0 Å². The van der Waals surface area contributed by atoms with Crippen molar-refractivity contribution in [2.45, 2.75) is 13.3 Å². The molecule has 4 rings (SSSR count). The number of ketones is 1. The summed E-state index contributed by atoms with van der Waals surface area (Å²) in [5.41, 5.74) is 3.07. The second-order valence-corrected chi connectivity index (χ2v) is 8.18. The predicted octanol–water partition coefficient (Wildman–Crippen LogP) is 4.03. The molecule has 1 saturated heterocycles. The molecule has 3 aromatic carbocycles. The van der Waals surface area contributed by atoms with E-state index in [1.54, 1.807) is 47.4 Å². The van der Waals surface area contributed by atoms with Crippen LogP contribution in [0.1, 0.15) is 32.7 Å². The van der Waals surface area contributed by atoms with Gasteiger partial charge in [-0.1, -0.05) is 42.5 Å². The summed E-state index contributed by atoms with van der Waals surface area (Å²) in [5.74, 6) is -1.73. The fourth-order valence-corrected chi connectivity index (χ4v) is 3.78. The molecule has 1 aliphatic heterocycles. The van der Waals surface area contributed by atoms with Crippen LogP contribution in [-0.2, 0) is 14.3 Å². The van der Waals surface area contributed by atoms with Crippen molar-refractivity contribution in [2.75, 3.05) is 23.4 Å². The van der Waals surface area contributed by atoms with Crippen LogP contribution in [0.5, 0.6) is 0 Å². The third kappa shape index (κ3) is 5.38. The highest BCUT2D eigenvalue weighted by molar-refractivity contribution is 6.04. The number of amides is 2. The zero-order chi connectivity index (χ0) is 24.1. The van der Waals surface area contributed by atoms with Crippen molar-refractivity contribution in [1.29, 1.82) is 0 Å². The minimum Gasteiger partial charge on any atom is -0.454 e. The number of anilines is 2. The standard InChI is InChI=1S/C27H24N2O5/c1-18-6-5-9-23(14-18)29-16-21(15-25(29)31)26(32)28-22-12-10-20(11-13-22)27(33)34-17-24(30)19-7-3-2-4-8-19/h2-14,21H,15-17H2,1H3,(H,28,32)/t21-/m0/s1. The second kappa shape index (κ2) is 10.1. The number of benzene rings is 3. The fourth-order valence-electron chi connectivity index (χ4n) is 3.78. The van der Waals surface area contributed by atoms with Crippen molar-refractivity contribution in [1.82, 2.24) is 0 Å². The Kier molecular flexibility index (Phi) is 6.82. The number of nitrogens with one attached hydrogen (secondary N) is 1. The van der Waals surface area contributed by atoms with Crippen molar-refractivity contribution < 1.29 is 23.9 Å².